The molecule has 0 radical (unpaired) electrons. The molecule has 3 heterocycles. The lowest BCUT2D eigenvalue weighted by molar-refractivity contribution is 0.101. The van der Waals surface area contributed by atoms with Gasteiger partial charge in [0, 0.05) is 25.6 Å². The van der Waals surface area contributed by atoms with E-state index in [1.54, 1.807) is 0 Å². The number of H-pyrrole nitrogens is 1. The molecule has 33 heavy (non-hydrogen) atoms. The second-order valence-electron chi connectivity index (χ2n) is 8.36. The summed E-state index contributed by atoms with van der Waals surface area (Å²) in [6.45, 7) is 2.03. The maximum absolute atomic E-state index is 14.0. The Labute approximate surface area is 189 Å². The summed E-state index contributed by atoms with van der Waals surface area (Å²) >= 11 is 0. The van der Waals surface area contributed by atoms with Crippen LogP contribution in [0.1, 0.15) is 34.5 Å². The molecule has 2 aromatic carbocycles. The molecule has 3 aromatic rings. The van der Waals surface area contributed by atoms with E-state index < -0.39 is 23.1 Å². The van der Waals surface area contributed by atoms with Crippen molar-refractivity contribution in [2.45, 2.75) is 25.4 Å². The number of hydrogen-bond acceptors (Lipinski definition) is 5. The minimum Gasteiger partial charge on any atom is -0.490 e. The molecule has 0 spiro atoms. The molecule has 0 bridgehead atoms. The van der Waals surface area contributed by atoms with E-state index in [0.29, 0.717) is 23.5 Å². The van der Waals surface area contributed by atoms with Crippen LogP contribution in [0.4, 0.5) is 20.2 Å². The monoisotopic (exact) mass is 451 g/mol. The highest BCUT2D eigenvalue weighted by molar-refractivity contribution is 6.12. The van der Waals surface area contributed by atoms with Crippen molar-refractivity contribution in [3.8, 4) is 5.75 Å². The van der Waals surface area contributed by atoms with E-state index in [1.165, 1.54) is 12.3 Å². The molecule has 1 aromatic heterocycles. The van der Waals surface area contributed by atoms with E-state index in [1.807, 2.05) is 18.2 Å². The fraction of sp³-hybridized carbons (Fsp3) is 0.292. The molecule has 5 rings (SSSR count). The molecule has 9 heteroatoms. The first-order valence-corrected chi connectivity index (χ1v) is 10.8. The highest BCUT2D eigenvalue weighted by Crippen LogP contribution is 2.34. The van der Waals surface area contributed by atoms with E-state index in [2.05, 4.69) is 27.5 Å². The van der Waals surface area contributed by atoms with Crippen molar-refractivity contribution in [2.24, 2.45) is 4.99 Å². The molecule has 0 aliphatic carbocycles. The number of carbonyl (C=O) groups is 1. The molecule has 1 saturated heterocycles. The van der Waals surface area contributed by atoms with Crippen LogP contribution in [0.2, 0.25) is 0 Å². The number of nitrogens with zero attached hydrogens (tertiary/aromatic N) is 3. The molecule has 7 nitrogen and oxygen atoms in total. The minimum absolute atomic E-state index is 0.192. The summed E-state index contributed by atoms with van der Waals surface area (Å²) in [7, 11) is 2.11. The number of aliphatic imine (C=N–C) groups is 1. The van der Waals surface area contributed by atoms with Gasteiger partial charge in [-0.1, -0.05) is 12.1 Å². The zero-order valence-electron chi connectivity index (χ0n) is 18.1. The summed E-state index contributed by atoms with van der Waals surface area (Å²) in [5.41, 5.74) is 2.64. The van der Waals surface area contributed by atoms with Gasteiger partial charge in [0.1, 0.15) is 34.7 Å². The summed E-state index contributed by atoms with van der Waals surface area (Å²) in [6, 6.07) is 9.14. The number of benzene rings is 2. The number of anilines is 1. The fourth-order valence-electron chi connectivity index (χ4n) is 4.18. The van der Waals surface area contributed by atoms with Crippen LogP contribution in [-0.4, -0.2) is 53.0 Å². The van der Waals surface area contributed by atoms with Gasteiger partial charge >= 0.3 is 0 Å². The lowest BCUT2D eigenvalue weighted by atomic mass is 10.1. The van der Waals surface area contributed by atoms with Crippen molar-refractivity contribution in [3.05, 3.63) is 71.1 Å². The number of halogens is 2. The molecule has 2 aliphatic heterocycles. The van der Waals surface area contributed by atoms with Gasteiger partial charge in [-0.15, -0.1) is 0 Å². The molecule has 2 N–H and O–H groups in total. The second kappa shape index (κ2) is 8.74. The van der Waals surface area contributed by atoms with E-state index in [9.17, 15) is 13.6 Å². The molecule has 1 fully saturated rings. The number of aromatic amines is 1. The first kappa shape index (κ1) is 21.3. The number of rotatable bonds is 5. The Kier molecular flexibility index (Phi) is 5.63. The van der Waals surface area contributed by atoms with Gasteiger partial charge < -0.3 is 15.0 Å². The summed E-state index contributed by atoms with van der Waals surface area (Å²) in [6.07, 6.45) is 4.09. The Morgan fingerprint density at radius 3 is 2.70 bits per heavy atom. The lowest BCUT2D eigenvalue weighted by Gasteiger charge is -2.29. The third-order valence-corrected chi connectivity index (χ3v) is 6.00. The van der Waals surface area contributed by atoms with Crippen molar-refractivity contribution in [3.63, 3.8) is 0 Å². The highest BCUT2D eigenvalue weighted by atomic mass is 19.1. The third kappa shape index (κ3) is 4.36. The molecule has 1 amide bonds. The maximum atomic E-state index is 14.0. The summed E-state index contributed by atoms with van der Waals surface area (Å²) in [4.78, 5) is 19.5. The summed E-state index contributed by atoms with van der Waals surface area (Å²) in [5.74, 6) is -1.97. The number of nitrogens with one attached hydrogen (secondary N) is 2. The van der Waals surface area contributed by atoms with Crippen molar-refractivity contribution < 1.29 is 18.3 Å². The van der Waals surface area contributed by atoms with Crippen LogP contribution in [0.3, 0.4) is 0 Å². The van der Waals surface area contributed by atoms with Crippen molar-refractivity contribution in [1.82, 2.24) is 15.1 Å². The fourth-order valence-corrected chi connectivity index (χ4v) is 4.18. The molecule has 2 aliphatic rings. The SMILES string of the molecule is CN1CCC(Oc2ccc3c(c2)N=C(c2[nH]ncc2NC(=O)c2c(F)cccc2F)C3)CC1. The molecule has 0 atom stereocenters. The lowest BCUT2D eigenvalue weighted by Crippen LogP contribution is -2.35. The molecule has 0 saturated carbocycles. The van der Waals surface area contributed by atoms with E-state index in [4.69, 9.17) is 9.73 Å². The van der Waals surface area contributed by atoms with Crippen molar-refractivity contribution in [1.29, 1.82) is 0 Å². The van der Waals surface area contributed by atoms with Gasteiger partial charge in [0.25, 0.3) is 5.91 Å². The minimum atomic E-state index is -0.930. The standard InChI is InChI=1S/C24H23F2N5O2/c1-31-9-7-15(8-10-31)33-16-6-5-14-11-20(28-19(14)12-16)23-21(13-27-30-23)29-24(32)22-17(25)3-2-4-18(22)26/h2-6,12-13,15H,7-11H2,1H3,(H,27,30)(H,29,32). The van der Waals surface area contributed by atoms with Gasteiger partial charge in [-0.05, 0) is 43.7 Å². The predicted octanol–water partition coefficient (Wildman–Crippen LogP) is 4.09. The van der Waals surface area contributed by atoms with Gasteiger partial charge in [0.15, 0.2) is 0 Å². The zero-order valence-corrected chi connectivity index (χ0v) is 18.1. The van der Waals surface area contributed by atoms with E-state index in [-0.39, 0.29) is 6.10 Å². The Balaban J connectivity index is 1.33. The van der Waals surface area contributed by atoms with Crippen LogP contribution < -0.4 is 10.1 Å². The number of hydrogen-bond donors (Lipinski definition) is 2. The highest BCUT2D eigenvalue weighted by Gasteiger charge is 2.24. The van der Waals surface area contributed by atoms with Crippen LogP contribution in [0.15, 0.2) is 47.6 Å². The first-order valence-electron chi connectivity index (χ1n) is 10.8. The van der Waals surface area contributed by atoms with Gasteiger partial charge in [0.05, 0.1) is 23.3 Å². The number of amides is 1. The van der Waals surface area contributed by atoms with Gasteiger partial charge in [-0.3, -0.25) is 14.9 Å². The Bertz CT molecular complexity index is 1210. The largest absolute Gasteiger partial charge is 0.490 e. The Morgan fingerprint density at radius 2 is 1.94 bits per heavy atom. The zero-order chi connectivity index (χ0) is 22.9. The average molecular weight is 451 g/mol. The van der Waals surface area contributed by atoms with Crippen LogP contribution >= 0.6 is 0 Å². The van der Waals surface area contributed by atoms with Crippen molar-refractivity contribution in [2.75, 3.05) is 25.5 Å². The smallest absolute Gasteiger partial charge is 0.261 e. The number of ether oxygens (including phenoxy) is 1. The third-order valence-electron chi connectivity index (χ3n) is 6.00. The topological polar surface area (TPSA) is 82.6 Å². The van der Waals surface area contributed by atoms with Crippen LogP contribution in [0, 0.1) is 11.6 Å². The van der Waals surface area contributed by atoms with Gasteiger partial charge in [-0.2, -0.15) is 5.10 Å². The second-order valence-corrected chi connectivity index (χ2v) is 8.36. The summed E-state index contributed by atoms with van der Waals surface area (Å²) in [5, 5.41) is 9.36. The summed E-state index contributed by atoms with van der Waals surface area (Å²) < 4.78 is 34.1. The first-order chi connectivity index (χ1) is 16.0. The number of carbonyl (C=O) groups excluding carboxylic acids is 1. The number of likely N-dealkylation sites (tertiary alicyclic amines) is 1. The Morgan fingerprint density at radius 1 is 1.18 bits per heavy atom. The van der Waals surface area contributed by atoms with Gasteiger partial charge in [0.2, 0.25) is 0 Å². The number of fused-ring (bicyclic) bond motifs is 1. The van der Waals surface area contributed by atoms with Gasteiger partial charge in [-0.25, -0.2) is 8.78 Å². The average Bonchev–Trinajstić information content (AvgIpc) is 3.41. The normalized spacial score (nSPS) is 16.4. The molecule has 0 unspecified atom stereocenters. The number of piperidine rings is 1. The molecule has 170 valence electrons. The Hall–Kier alpha value is -3.59. The van der Waals surface area contributed by atoms with Crippen LogP contribution in [-0.2, 0) is 6.42 Å². The predicted molar refractivity (Wildman–Crippen MR) is 120 cm³/mol. The van der Waals surface area contributed by atoms with Crippen LogP contribution in [0.25, 0.3) is 0 Å². The van der Waals surface area contributed by atoms with E-state index >= 15 is 0 Å². The maximum Gasteiger partial charge on any atom is 0.261 e. The van der Waals surface area contributed by atoms with Crippen molar-refractivity contribution >= 4 is 23.0 Å². The molecular formula is C24H23F2N5O2. The van der Waals surface area contributed by atoms with Crippen LogP contribution in [0.5, 0.6) is 5.75 Å². The molecular weight excluding hydrogens is 428 g/mol. The quantitative estimate of drug-likeness (QED) is 0.612. The van der Waals surface area contributed by atoms with E-state index in [0.717, 1.165) is 55.1 Å². The number of aromatic nitrogens is 2.